The summed E-state index contributed by atoms with van der Waals surface area (Å²) in [7, 11) is 3.68. The number of aryl methyl sites for hydroxylation is 1. The number of amides is 1. The largest absolute Gasteiger partial charge is 0.337 e. The van der Waals surface area contributed by atoms with Crippen LogP contribution in [0.5, 0.6) is 0 Å². The molecule has 0 saturated carbocycles. The Hall–Kier alpha value is -1.40. The van der Waals surface area contributed by atoms with Crippen LogP contribution in [0.4, 0.5) is 0 Å². The summed E-state index contributed by atoms with van der Waals surface area (Å²) < 4.78 is 2.96. The second kappa shape index (κ2) is 6.16. The number of carbonyl (C=O) groups excluding carboxylic acids is 1. The summed E-state index contributed by atoms with van der Waals surface area (Å²) >= 11 is 4.99. The molecule has 0 radical (unpaired) electrons. The fourth-order valence-electron chi connectivity index (χ4n) is 1.54. The molecule has 0 aliphatic heterocycles. The molecule has 2 rings (SSSR count). The lowest BCUT2D eigenvalue weighted by Crippen LogP contribution is -2.25. The van der Waals surface area contributed by atoms with Crippen molar-refractivity contribution in [3.8, 4) is 0 Å². The van der Waals surface area contributed by atoms with Crippen LogP contribution in [0, 0.1) is 0 Å². The van der Waals surface area contributed by atoms with Crippen molar-refractivity contribution < 1.29 is 4.79 Å². The molecule has 0 saturated heterocycles. The number of halogens is 1. The van der Waals surface area contributed by atoms with Crippen LogP contribution < -0.4 is 0 Å². The van der Waals surface area contributed by atoms with E-state index in [9.17, 15) is 4.79 Å². The van der Waals surface area contributed by atoms with Gasteiger partial charge in [-0.15, -0.1) is 11.3 Å². The Morgan fingerprint density at radius 3 is 3.00 bits per heavy atom. The van der Waals surface area contributed by atoms with E-state index in [1.54, 1.807) is 35.6 Å². The molecule has 4 nitrogen and oxygen atoms in total. The number of thiophene rings is 1. The molecule has 0 aliphatic rings. The highest BCUT2D eigenvalue weighted by Crippen LogP contribution is 2.21. The number of rotatable bonds is 4. The van der Waals surface area contributed by atoms with Gasteiger partial charge in [-0.25, -0.2) is 4.98 Å². The van der Waals surface area contributed by atoms with Gasteiger partial charge in [0.1, 0.15) is 5.82 Å². The minimum atomic E-state index is -0.0367. The maximum atomic E-state index is 12.0. The molecule has 6 heteroatoms. The molecule has 19 heavy (non-hydrogen) atoms. The molecule has 0 atom stereocenters. The molecule has 0 spiro atoms. The SMILES string of the molecule is CN(Cc1nccn1C)C(=O)C=Cc1csc(Br)c1. The average molecular weight is 340 g/mol. The van der Waals surface area contributed by atoms with E-state index < -0.39 is 0 Å². The summed E-state index contributed by atoms with van der Waals surface area (Å²) in [4.78, 5) is 17.8. The van der Waals surface area contributed by atoms with Crippen molar-refractivity contribution in [1.29, 1.82) is 0 Å². The van der Waals surface area contributed by atoms with E-state index in [2.05, 4.69) is 20.9 Å². The minimum Gasteiger partial charge on any atom is -0.337 e. The average Bonchev–Trinajstić information content (AvgIpc) is 2.96. The summed E-state index contributed by atoms with van der Waals surface area (Å²) in [5.41, 5.74) is 1.02. The Kier molecular flexibility index (Phi) is 4.55. The lowest BCUT2D eigenvalue weighted by Gasteiger charge is -2.14. The van der Waals surface area contributed by atoms with Gasteiger partial charge in [0, 0.05) is 32.6 Å². The molecule has 0 aromatic carbocycles. The quantitative estimate of drug-likeness (QED) is 0.803. The number of aromatic nitrogens is 2. The van der Waals surface area contributed by atoms with Gasteiger partial charge in [0.2, 0.25) is 5.91 Å². The summed E-state index contributed by atoms with van der Waals surface area (Å²) in [5.74, 6) is 0.827. The van der Waals surface area contributed by atoms with Crippen molar-refractivity contribution in [2.45, 2.75) is 6.54 Å². The van der Waals surface area contributed by atoms with Crippen LogP contribution in [-0.4, -0.2) is 27.4 Å². The zero-order valence-corrected chi connectivity index (χ0v) is 13.1. The monoisotopic (exact) mass is 339 g/mol. The number of hydrogen-bond donors (Lipinski definition) is 0. The molecule has 0 aliphatic carbocycles. The lowest BCUT2D eigenvalue weighted by atomic mass is 10.3. The number of imidazole rings is 1. The minimum absolute atomic E-state index is 0.0367. The Morgan fingerprint density at radius 2 is 2.42 bits per heavy atom. The molecule has 2 heterocycles. The molecule has 100 valence electrons. The van der Waals surface area contributed by atoms with Crippen molar-refractivity contribution in [1.82, 2.24) is 14.5 Å². The first-order chi connectivity index (χ1) is 9.06. The van der Waals surface area contributed by atoms with Crippen LogP contribution in [-0.2, 0) is 18.4 Å². The fraction of sp³-hybridized carbons (Fsp3) is 0.231. The lowest BCUT2D eigenvalue weighted by molar-refractivity contribution is -0.125. The second-order valence-corrected chi connectivity index (χ2v) is 6.46. The Balaban J connectivity index is 1.96. The van der Waals surface area contributed by atoms with Crippen molar-refractivity contribution >= 4 is 39.2 Å². The highest BCUT2D eigenvalue weighted by atomic mass is 79.9. The van der Waals surface area contributed by atoms with Crippen LogP contribution in [0.15, 0.2) is 33.7 Å². The van der Waals surface area contributed by atoms with Crippen LogP contribution in [0.3, 0.4) is 0 Å². The Bertz CT molecular complexity index is 603. The number of likely N-dealkylation sites (N-methyl/N-ethyl adjacent to an activating group) is 1. The van der Waals surface area contributed by atoms with Gasteiger partial charge in [-0.3, -0.25) is 4.79 Å². The smallest absolute Gasteiger partial charge is 0.246 e. The zero-order valence-electron chi connectivity index (χ0n) is 10.7. The second-order valence-electron chi connectivity index (χ2n) is 4.17. The summed E-state index contributed by atoms with van der Waals surface area (Å²) in [6, 6.07) is 1.98. The van der Waals surface area contributed by atoms with Gasteiger partial charge in [0.15, 0.2) is 0 Å². The van der Waals surface area contributed by atoms with Crippen molar-refractivity contribution in [2.75, 3.05) is 7.05 Å². The first-order valence-electron chi connectivity index (χ1n) is 5.69. The van der Waals surface area contributed by atoms with Gasteiger partial charge in [0.25, 0.3) is 0 Å². The molecule has 2 aromatic rings. The topological polar surface area (TPSA) is 38.1 Å². The summed E-state index contributed by atoms with van der Waals surface area (Å²) in [6.45, 7) is 0.500. The molecule has 0 fully saturated rings. The molecular formula is C13H14BrN3OS. The normalized spacial score (nSPS) is 11.1. The van der Waals surface area contributed by atoms with Crippen LogP contribution in [0.25, 0.3) is 6.08 Å². The van der Waals surface area contributed by atoms with Gasteiger partial charge in [-0.2, -0.15) is 0 Å². The van der Waals surface area contributed by atoms with E-state index >= 15 is 0 Å². The van der Waals surface area contributed by atoms with Gasteiger partial charge in [-0.05, 0) is 39.0 Å². The zero-order chi connectivity index (χ0) is 13.8. The van der Waals surface area contributed by atoms with Gasteiger partial charge in [0.05, 0.1) is 10.3 Å². The number of carbonyl (C=O) groups is 1. The molecule has 2 aromatic heterocycles. The third-order valence-corrected chi connectivity index (χ3v) is 4.20. The van der Waals surface area contributed by atoms with Crippen LogP contribution in [0.2, 0.25) is 0 Å². The molecule has 0 bridgehead atoms. The molecular weight excluding hydrogens is 326 g/mol. The standard InChI is InChI=1S/C13H14BrN3OS/c1-16-6-5-15-12(16)8-17(2)13(18)4-3-10-7-11(14)19-9-10/h3-7,9H,8H2,1-2H3. The van der Waals surface area contributed by atoms with Crippen molar-refractivity contribution in [3.05, 3.63) is 45.1 Å². The van der Waals surface area contributed by atoms with Crippen molar-refractivity contribution in [2.24, 2.45) is 7.05 Å². The van der Waals surface area contributed by atoms with E-state index in [-0.39, 0.29) is 5.91 Å². The predicted molar refractivity (Wildman–Crippen MR) is 80.7 cm³/mol. The van der Waals surface area contributed by atoms with Gasteiger partial charge < -0.3 is 9.47 Å². The van der Waals surface area contributed by atoms with Crippen LogP contribution >= 0.6 is 27.3 Å². The fourth-order valence-corrected chi connectivity index (χ4v) is 2.69. The van der Waals surface area contributed by atoms with Crippen molar-refractivity contribution in [3.63, 3.8) is 0 Å². The van der Waals surface area contributed by atoms with Gasteiger partial charge >= 0.3 is 0 Å². The Labute approximate surface area is 124 Å². The Morgan fingerprint density at radius 1 is 1.63 bits per heavy atom. The van der Waals surface area contributed by atoms with E-state index in [1.807, 2.05) is 35.3 Å². The summed E-state index contributed by atoms with van der Waals surface area (Å²) in [6.07, 6.45) is 6.99. The molecule has 0 unspecified atom stereocenters. The first-order valence-corrected chi connectivity index (χ1v) is 7.37. The third kappa shape index (κ3) is 3.78. The third-order valence-electron chi connectivity index (χ3n) is 2.68. The highest BCUT2D eigenvalue weighted by Gasteiger charge is 2.08. The summed E-state index contributed by atoms with van der Waals surface area (Å²) in [5, 5.41) is 1.99. The highest BCUT2D eigenvalue weighted by molar-refractivity contribution is 9.11. The van der Waals surface area contributed by atoms with Gasteiger partial charge in [-0.1, -0.05) is 0 Å². The molecule has 0 N–H and O–H groups in total. The van der Waals surface area contributed by atoms with Crippen LogP contribution in [0.1, 0.15) is 11.4 Å². The first kappa shape index (κ1) is 14.0. The van der Waals surface area contributed by atoms with E-state index in [1.165, 1.54) is 0 Å². The van der Waals surface area contributed by atoms with E-state index in [4.69, 9.17) is 0 Å². The number of nitrogens with zero attached hydrogens (tertiary/aromatic N) is 3. The molecule has 1 amide bonds. The van der Waals surface area contributed by atoms with E-state index in [0.717, 1.165) is 15.2 Å². The maximum absolute atomic E-state index is 12.0. The maximum Gasteiger partial charge on any atom is 0.246 e. The predicted octanol–water partition coefficient (Wildman–Crippen LogP) is 2.92. The number of hydrogen-bond acceptors (Lipinski definition) is 3. The van der Waals surface area contributed by atoms with E-state index in [0.29, 0.717) is 6.54 Å².